The SMILES string of the molecule is CCN(C(=O)O)[C@H](C(=O)N1CCC[C@H]1c1nc(-c2ccc([C@H]3CC[C@@H](c4ccc(-c5c[nH]c([C@@H]6CCCN6C(=O)[C@@H](NC(=O)OC)C(C)C)n5)cc4)N3c3ccc(F)cc3)cc2)c[nH]1)C(C)C. The van der Waals surface area contributed by atoms with Gasteiger partial charge in [0.05, 0.1) is 42.7 Å². The number of carbonyl (C=O) groups is 4. The zero-order valence-corrected chi connectivity index (χ0v) is 39.1. The summed E-state index contributed by atoms with van der Waals surface area (Å²) >= 11 is 0. The number of likely N-dealkylation sites (tertiary alicyclic amines) is 2. The maximum absolute atomic E-state index is 14.3. The number of hydrogen-bond donors (Lipinski definition) is 4. The number of carbonyl (C=O) groups excluding carboxylic acids is 3. The summed E-state index contributed by atoms with van der Waals surface area (Å²) in [6.07, 6.45) is 6.88. The van der Waals surface area contributed by atoms with Gasteiger partial charge in [0.15, 0.2) is 0 Å². The number of aromatic amines is 2. The molecule has 4 amide bonds. The van der Waals surface area contributed by atoms with Crippen LogP contribution in [0.15, 0.2) is 85.2 Å². The molecule has 8 rings (SSSR count). The fourth-order valence-electron chi connectivity index (χ4n) is 10.4. The van der Waals surface area contributed by atoms with E-state index in [0.29, 0.717) is 24.7 Å². The molecule has 5 heterocycles. The lowest BCUT2D eigenvalue weighted by Gasteiger charge is -2.35. The standard InChI is InChI=1S/C51H62FN9O6/c1-7-58(51(65)66)45(31(4)5)49(63)60-27-9-11-43(60)47-54-29-39(56-47)33-14-18-35(19-15-33)41-25-24-40(61(41)37-22-20-36(52)21-23-37)34-16-12-32(13-17-34)38-28-53-46(55-38)42-10-8-26-59(42)48(62)44(30(2)3)57-50(64)67-6/h12-23,28-31,40-45H,7-11,24-27H2,1-6H3,(H,53,55)(H,54,56)(H,57,64)(H,65,66)/t40-,41+,42-,43-,44-,45-/m0/s1. The lowest BCUT2D eigenvalue weighted by molar-refractivity contribution is -0.139. The van der Waals surface area contributed by atoms with Gasteiger partial charge in [0, 0.05) is 48.8 Å². The van der Waals surface area contributed by atoms with Crippen LogP contribution in [-0.4, -0.2) is 103 Å². The molecule has 16 heteroatoms. The van der Waals surface area contributed by atoms with Gasteiger partial charge >= 0.3 is 12.2 Å². The number of methoxy groups -OCH3 is 1. The number of benzene rings is 3. The summed E-state index contributed by atoms with van der Waals surface area (Å²) in [5, 5.41) is 12.6. The predicted molar refractivity (Wildman–Crippen MR) is 252 cm³/mol. The number of nitrogens with zero attached hydrogens (tertiary/aromatic N) is 6. The number of likely N-dealkylation sites (N-methyl/N-ethyl adjacent to an activating group) is 1. The van der Waals surface area contributed by atoms with E-state index in [1.54, 1.807) is 16.7 Å². The van der Waals surface area contributed by atoms with Crippen molar-refractivity contribution in [1.82, 2.24) is 40.0 Å². The Labute approximate surface area is 391 Å². The number of amides is 4. The van der Waals surface area contributed by atoms with Crippen LogP contribution < -0.4 is 10.2 Å². The number of imidazole rings is 2. The molecule has 0 bridgehead atoms. The third kappa shape index (κ3) is 9.61. The highest BCUT2D eigenvalue weighted by Crippen LogP contribution is 2.47. The van der Waals surface area contributed by atoms with Gasteiger partial charge in [-0.15, -0.1) is 0 Å². The van der Waals surface area contributed by atoms with E-state index < -0.39 is 24.3 Å². The van der Waals surface area contributed by atoms with Gasteiger partial charge in [0.1, 0.15) is 29.5 Å². The van der Waals surface area contributed by atoms with Crippen molar-refractivity contribution in [2.24, 2.45) is 11.8 Å². The molecule has 3 aliphatic rings. The molecule has 4 N–H and O–H groups in total. The molecular weight excluding hydrogens is 854 g/mol. The van der Waals surface area contributed by atoms with Crippen LogP contribution in [-0.2, 0) is 14.3 Å². The summed E-state index contributed by atoms with van der Waals surface area (Å²) in [5.74, 6) is 0.431. The molecule has 2 aromatic heterocycles. The van der Waals surface area contributed by atoms with Gasteiger partial charge in [-0.05, 0) is 92.7 Å². The first kappa shape index (κ1) is 46.8. The average Bonchev–Trinajstić information content (AvgIpc) is 4.19. The highest BCUT2D eigenvalue weighted by Gasteiger charge is 2.41. The zero-order chi connectivity index (χ0) is 47.5. The van der Waals surface area contributed by atoms with Crippen LogP contribution in [0, 0.1) is 17.7 Å². The maximum atomic E-state index is 14.3. The Hall–Kier alpha value is -6.71. The van der Waals surface area contributed by atoms with Gasteiger partial charge in [0.25, 0.3) is 0 Å². The fourth-order valence-corrected chi connectivity index (χ4v) is 10.4. The number of nitrogens with one attached hydrogen (secondary N) is 3. The second kappa shape index (κ2) is 20.0. The number of rotatable bonds is 14. The normalized spacial score (nSPS) is 20.4. The lowest BCUT2D eigenvalue weighted by atomic mass is 10.0. The van der Waals surface area contributed by atoms with Crippen LogP contribution in [0.4, 0.5) is 19.7 Å². The molecule has 6 atom stereocenters. The van der Waals surface area contributed by atoms with Crippen molar-refractivity contribution < 1.29 is 33.4 Å². The topological polar surface area (TPSA) is 180 Å². The lowest BCUT2D eigenvalue weighted by Crippen LogP contribution is -2.53. The van der Waals surface area contributed by atoms with Crippen molar-refractivity contribution in [3.63, 3.8) is 0 Å². The van der Waals surface area contributed by atoms with Gasteiger partial charge in [-0.1, -0.05) is 76.2 Å². The van der Waals surface area contributed by atoms with Gasteiger partial charge in [-0.25, -0.2) is 23.9 Å². The molecule has 0 unspecified atom stereocenters. The Bertz CT molecular complexity index is 2520. The molecule has 3 aromatic carbocycles. The van der Waals surface area contributed by atoms with Crippen LogP contribution >= 0.6 is 0 Å². The van der Waals surface area contributed by atoms with E-state index >= 15 is 0 Å². The van der Waals surface area contributed by atoms with Crippen molar-refractivity contribution >= 4 is 29.7 Å². The fraction of sp³-hybridized carbons (Fsp3) is 0.451. The summed E-state index contributed by atoms with van der Waals surface area (Å²) in [7, 11) is 1.29. The average molecular weight is 916 g/mol. The molecule has 67 heavy (non-hydrogen) atoms. The number of hydrogen-bond acceptors (Lipinski definition) is 8. The van der Waals surface area contributed by atoms with E-state index in [4.69, 9.17) is 14.7 Å². The second-order valence-corrected chi connectivity index (χ2v) is 18.6. The quantitative estimate of drug-likeness (QED) is 0.0844. The minimum atomic E-state index is -1.10. The Morgan fingerprint density at radius 2 is 1.22 bits per heavy atom. The van der Waals surface area contributed by atoms with E-state index in [1.807, 2.05) is 52.2 Å². The maximum Gasteiger partial charge on any atom is 0.407 e. The third-order valence-electron chi connectivity index (χ3n) is 13.8. The van der Waals surface area contributed by atoms with Crippen LogP contribution in [0.5, 0.6) is 0 Å². The molecule has 0 saturated carbocycles. The molecule has 0 spiro atoms. The van der Waals surface area contributed by atoms with Gasteiger partial charge < -0.3 is 39.8 Å². The number of H-pyrrole nitrogens is 2. The van der Waals surface area contributed by atoms with E-state index in [-0.39, 0.29) is 60.2 Å². The van der Waals surface area contributed by atoms with E-state index in [2.05, 4.69) is 68.7 Å². The molecule has 3 fully saturated rings. The molecule has 5 aromatic rings. The van der Waals surface area contributed by atoms with Gasteiger partial charge in [0.2, 0.25) is 11.8 Å². The van der Waals surface area contributed by atoms with Crippen LogP contribution in [0.3, 0.4) is 0 Å². The summed E-state index contributed by atoms with van der Waals surface area (Å²) in [6, 6.07) is 21.5. The van der Waals surface area contributed by atoms with Crippen LogP contribution in [0.2, 0.25) is 0 Å². The predicted octanol–water partition coefficient (Wildman–Crippen LogP) is 9.42. The Balaban J connectivity index is 0.979. The van der Waals surface area contributed by atoms with Crippen molar-refractivity contribution in [2.45, 2.75) is 109 Å². The second-order valence-electron chi connectivity index (χ2n) is 18.6. The number of carboxylic acid groups (broad SMARTS) is 1. The number of anilines is 1. The number of ether oxygens (including phenoxy) is 1. The van der Waals surface area contributed by atoms with Crippen LogP contribution in [0.1, 0.15) is 120 Å². The highest BCUT2D eigenvalue weighted by atomic mass is 19.1. The molecule has 0 radical (unpaired) electrons. The van der Waals surface area contributed by atoms with Gasteiger partial charge in [-0.3, -0.25) is 14.5 Å². The third-order valence-corrected chi connectivity index (χ3v) is 13.8. The summed E-state index contributed by atoms with van der Waals surface area (Å²) in [4.78, 5) is 75.5. The Morgan fingerprint density at radius 3 is 1.66 bits per heavy atom. The molecule has 0 aliphatic carbocycles. The zero-order valence-electron chi connectivity index (χ0n) is 39.1. The molecule has 15 nitrogen and oxygen atoms in total. The number of halogens is 1. The summed E-state index contributed by atoms with van der Waals surface area (Å²) in [5.41, 5.74) is 6.56. The van der Waals surface area contributed by atoms with Crippen molar-refractivity contribution in [3.05, 3.63) is 114 Å². The van der Waals surface area contributed by atoms with E-state index in [0.717, 1.165) is 77.9 Å². The first-order valence-corrected chi connectivity index (χ1v) is 23.6. The summed E-state index contributed by atoms with van der Waals surface area (Å²) in [6.45, 7) is 10.6. The van der Waals surface area contributed by atoms with E-state index in [9.17, 15) is 28.7 Å². The minimum Gasteiger partial charge on any atom is -0.465 e. The smallest absolute Gasteiger partial charge is 0.407 e. The largest absolute Gasteiger partial charge is 0.465 e. The monoisotopic (exact) mass is 915 g/mol. The molecule has 3 saturated heterocycles. The van der Waals surface area contributed by atoms with E-state index in [1.165, 1.54) is 24.1 Å². The Kier molecular flexibility index (Phi) is 14.0. The molecule has 354 valence electrons. The highest BCUT2D eigenvalue weighted by molar-refractivity contribution is 5.87. The van der Waals surface area contributed by atoms with Crippen molar-refractivity contribution in [1.29, 1.82) is 0 Å². The molecular formula is C51H62FN9O6. The first-order chi connectivity index (χ1) is 32.3. The van der Waals surface area contributed by atoms with Crippen molar-refractivity contribution in [2.75, 3.05) is 31.6 Å². The van der Waals surface area contributed by atoms with Crippen LogP contribution in [0.25, 0.3) is 22.5 Å². The number of aromatic nitrogens is 4. The first-order valence-electron chi connectivity index (χ1n) is 23.6. The Morgan fingerprint density at radius 1 is 0.731 bits per heavy atom. The van der Waals surface area contributed by atoms with Gasteiger partial charge in [-0.2, -0.15) is 0 Å². The minimum absolute atomic E-state index is 0.0171. The summed E-state index contributed by atoms with van der Waals surface area (Å²) < 4.78 is 19.1. The number of alkyl carbamates (subject to hydrolysis) is 1. The van der Waals surface area contributed by atoms with Crippen molar-refractivity contribution in [3.8, 4) is 22.5 Å². The molecule has 3 aliphatic heterocycles.